The Bertz CT molecular complexity index is 694. The van der Waals surface area contributed by atoms with Crippen molar-refractivity contribution in [3.05, 3.63) is 36.2 Å². The fourth-order valence-electron chi connectivity index (χ4n) is 2.81. The van der Waals surface area contributed by atoms with Crippen LogP contribution in [0.3, 0.4) is 0 Å². The Hall–Kier alpha value is -2.41. The molecule has 0 saturated heterocycles. The molecule has 2 N–H and O–H groups in total. The van der Waals surface area contributed by atoms with Crippen LogP contribution in [0.15, 0.2) is 34.7 Å². The van der Waals surface area contributed by atoms with Gasteiger partial charge in [-0.05, 0) is 32.9 Å². The molecule has 136 valence electrons. The van der Waals surface area contributed by atoms with Gasteiger partial charge in [0.2, 0.25) is 11.8 Å². The normalized spacial score (nSPS) is 14.1. The first-order valence-electron chi connectivity index (χ1n) is 8.25. The molecule has 1 heterocycles. The fraction of sp³-hybridized carbons (Fsp3) is 0.500. The number of rotatable bonds is 6. The molecule has 1 amide bonds. The lowest BCUT2D eigenvalue weighted by molar-refractivity contribution is 0.0362. The Balaban J connectivity index is 2.29. The first-order valence-corrected chi connectivity index (χ1v) is 8.25. The molecule has 1 aromatic carbocycles. The minimum atomic E-state index is -1.04. The van der Waals surface area contributed by atoms with Gasteiger partial charge in [-0.1, -0.05) is 25.1 Å². The zero-order chi connectivity index (χ0) is 18.6. The van der Waals surface area contributed by atoms with E-state index < -0.39 is 17.7 Å². The van der Waals surface area contributed by atoms with Gasteiger partial charge in [0.25, 0.3) is 0 Å². The van der Waals surface area contributed by atoms with Crippen molar-refractivity contribution in [2.24, 2.45) is 5.92 Å². The molecule has 2 atom stereocenters. The van der Waals surface area contributed by atoms with Crippen molar-refractivity contribution in [3.8, 4) is 11.5 Å². The summed E-state index contributed by atoms with van der Waals surface area (Å²) in [6, 6.07) is 8.90. The molecule has 0 spiro atoms. The average Bonchev–Trinajstić information content (AvgIpc) is 3.01. The molecule has 0 aliphatic heterocycles. The molecule has 1 aromatic heterocycles. The number of benzene rings is 1. The van der Waals surface area contributed by atoms with Gasteiger partial charge in [0.05, 0.1) is 0 Å². The number of aliphatic hydroxyl groups excluding tert-OH is 1. The van der Waals surface area contributed by atoms with Gasteiger partial charge in [0.15, 0.2) is 0 Å². The van der Waals surface area contributed by atoms with Crippen LogP contribution < -0.4 is 0 Å². The van der Waals surface area contributed by atoms with Gasteiger partial charge in [-0.25, -0.2) is 4.79 Å². The smallest absolute Gasteiger partial charge is 0.408 e. The highest BCUT2D eigenvalue weighted by Gasteiger charge is 2.37. The van der Waals surface area contributed by atoms with Crippen LogP contribution in [0.5, 0.6) is 0 Å². The Morgan fingerprint density at radius 1 is 1.24 bits per heavy atom. The Morgan fingerprint density at radius 3 is 2.40 bits per heavy atom. The summed E-state index contributed by atoms with van der Waals surface area (Å²) < 4.78 is 5.71. The molecule has 0 bridgehead atoms. The van der Waals surface area contributed by atoms with Crippen LogP contribution in [0.4, 0.5) is 4.79 Å². The summed E-state index contributed by atoms with van der Waals surface area (Å²) in [6.07, 6.45) is -0.800. The molecule has 0 saturated carbocycles. The molecular weight excluding hydrogens is 322 g/mol. The third kappa shape index (κ3) is 4.57. The molecule has 25 heavy (non-hydrogen) atoms. The van der Waals surface area contributed by atoms with Gasteiger partial charge >= 0.3 is 6.09 Å². The lowest BCUT2D eigenvalue weighted by Crippen LogP contribution is -2.54. The summed E-state index contributed by atoms with van der Waals surface area (Å²) in [6.45, 7) is 7.13. The van der Waals surface area contributed by atoms with Crippen LogP contribution in [0.1, 0.15) is 33.6 Å². The fourth-order valence-corrected chi connectivity index (χ4v) is 2.81. The van der Waals surface area contributed by atoms with E-state index in [0.29, 0.717) is 11.8 Å². The van der Waals surface area contributed by atoms with Gasteiger partial charge in [0.1, 0.15) is 0 Å². The van der Waals surface area contributed by atoms with Crippen LogP contribution in [0.25, 0.3) is 11.5 Å². The second kappa shape index (κ2) is 7.65. The van der Waals surface area contributed by atoms with E-state index in [2.05, 4.69) is 10.2 Å². The molecule has 0 radical (unpaired) electrons. The lowest BCUT2D eigenvalue weighted by atomic mass is 9.93. The summed E-state index contributed by atoms with van der Waals surface area (Å²) >= 11 is 0. The molecule has 7 heteroatoms. The minimum Gasteiger partial charge on any atom is -0.465 e. The molecule has 0 aliphatic rings. The summed E-state index contributed by atoms with van der Waals surface area (Å²) in [5, 5.41) is 27.3. The predicted octanol–water partition coefficient (Wildman–Crippen LogP) is 3.05. The second-order valence-corrected chi connectivity index (χ2v) is 7.12. The van der Waals surface area contributed by atoms with Crippen LogP contribution >= 0.6 is 0 Å². The molecule has 0 aliphatic carbocycles. The Labute approximate surface area is 147 Å². The van der Waals surface area contributed by atoms with Crippen molar-refractivity contribution >= 4 is 6.09 Å². The van der Waals surface area contributed by atoms with Gasteiger partial charge in [-0.2, -0.15) is 0 Å². The first kappa shape index (κ1) is 18.9. The largest absolute Gasteiger partial charge is 0.465 e. The monoisotopic (exact) mass is 347 g/mol. The van der Waals surface area contributed by atoms with E-state index in [1.807, 2.05) is 51.1 Å². The van der Waals surface area contributed by atoms with Crippen molar-refractivity contribution in [1.82, 2.24) is 15.1 Å². The SMILES string of the molecule is CC(CO)C(Cc1nnc(-c2ccccc2)o1)N(C(=O)O)C(C)(C)C. The average molecular weight is 347 g/mol. The van der Waals surface area contributed by atoms with E-state index >= 15 is 0 Å². The van der Waals surface area contributed by atoms with E-state index in [4.69, 9.17) is 4.42 Å². The van der Waals surface area contributed by atoms with E-state index in [-0.39, 0.29) is 18.9 Å². The zero-order valence-electron chi connectivity index (χ0n) is 15.0. The predicted molar refractivity (Wildman–Crippen MR) is 93.1 cm³/mol. The number of aliphatic hydroxyl groups is 1. The standard InChI is InChI=1S/C18H25N3O4/c1-12(11-22)14(21(17(23)24)18(2,3)4)10-15-19-20-16(25-15)13-8-6-5-7-9-13/h5-9,12,14,22H,10-11H2,1-4H3,(H,23,24). The summed E-state index contributed by atoms with van der Waals surface area (Å²) in [4.78, 5) is 13.2. The second-order valence-electron chi connectivity index (χ2n) is 7.12. The first-order chi connectivity index (χ1) is 11.7. The third-order valence-electron chi connectivity index (χ3n) is 4.08. The molecule has 0 fully saturated rings. The summed E-state index contributed by atoms with van der Waals surface area (Å²) in [5.41, 5.74) is 0.182. The van der Waals surface area contributed by atoms with Gasteiger partial charge in [-0.15, -0.1) is 10.2 Å². The van der Waals surface area contributed by atoms with E-state index in [0.717, 1.165) is 5.56 Å². The highest BCUT2D eigenvalue weighted by Crippen LogP contribution is 2.26. The number of nitrogens with zero attached hydrogens (tertiary/aromatic N) is 3. The number of aromatic nitrogens is 2. The van der Waals surface area contributed by atoms with Crippen molar-refractivity contribution < 1.29 is 19.4 Å². The van der Waals surface area contributed by atoms with Crippen molar-refractivity contribution in [2.45, 2.75) is 45.7 Å². The molecule has 2 aromatic rings. The maximum atomic E-state index is 11.8. The van der Waals surface area contributed by atoms with E-state index in [9.17, 15) is 15.0 Å². The summed E-state index contributed by atoms with van der Waals surface area (Å²) in [7, 11) is 0. The number of hydrogen-bond acceptors (Lipinski definition) is 5. The zero-order valence-corrected chi connectivity index (χ0v) is 15.0. The third-order valence-corrected chi connectivity index (χ3v) is 4.08. The molecule has 2 unspecified atom stereocenters. The van der Waals surface area contributed by atoms with Crippen molar-refractivity contribution in [2.75, 3.05) is 6.61 Å². The van der Waals surface area contributed by atoms with Crippen LogP contribution in [-0.2, 0) is 6.42 Å². The molecular formula is C18H25N3O4. The highest BCUT2D eigenvalue weighted by molar-refractivity contribution is 5.66. The summed E-state index contributed by atoms with van der Waals surface area (Å²) in [5.74, 6) is 0.464. The van der Waals surface area contributed by atoms with E-state index in [1.54, 1.807) is 6.92 Å². The van der Waals surface area contributed by atoms with Crippen LogP contribution in [0.2, 0.25) is 0 Å². The van der Waals surface area contributed by atoms with Crippen molar-refractivity contribution in [1.29, 1.82) is 0 Å². The number of carboxylic acid groups (broad SMARTS) is 1. The van der Waals surface area contributed by atoms with Crippen LogP contribution in [-0.4, -0.2) is 49.6 Å². The van der Waals surface area contributed by atoms with Gasteiger partial charge in [0, 0.05) is 36.1 Å². The quantitative estimate of drug-likeness (QED) is 0.833. The molecule has 7 nitrogen and oxygen atoms in total. The maximum Gasteiger partial charge on any atom is 0.408 e. The number of amides is 1. The number of carbonyl (C=O) groups is 1. The highest BCUT2D eigenvalue weighted by atomic mass is 16.4. The van der Waals surface area contributed by atoms with Gasteiger partial charge < -0.3 is 14.6 Å². The Kier molecular flexibility index (Phi) is 5.79. The van der Waals surface area contributed by atoms with Crippen molar-refractivity contribution in [3.63, 3.8) is 0 Å². The maximum absolute atomic E-state index is 11.8. The molecule has 2 rings (SSSR count). The lowest BCUT2D eigenvalue weighted by Gasteiger charge is -2.41. The Morgan fingerprint density at radius 2 is 1.88 bits per heavy atom. The van der Waals surface area contributed by atoms with Crippen LogP contribution in [0, 0.1) is 5.92 Å². The van der Waals surface area contributed by atoms with Gasteiger partial charge in [-0.3, -0.25) is 4.90 Å². The number of hydrogen-bond donors (Lipinski definition) is 2. The minimum absolute atomic E-state index is 0.135. The van der Waals surface area contributed by atoms with E-state index in [1.165, 1.54) is 4.90 Å². The topological polar surface area (TPSA) is 99.7 Å².